The van der Waals surface area contributed by atoms with Crippen LogP contribution < -0.4 is 4.90 Å². The molecule has 1 aliphatic carbocycles. The van der Waals surface area contributed by atoms with E-state index in [0.717, 1.165) is 44.3 Å². The molecule has 0 saturated heterocycles. The summed E-state index contributed by atoms with van der Waals surface area (Å²) < 4.78 is 2.48. The zero-order valence-corrected chi connectivity index (χ0v) is 32.8. The monoisotopic (exact) mass is 769 g/mol. The number of rotatable bonds is 6. The maximum atomic E-state index is 5.55. The third kappa shape index (κ3) is 5.07. The second-order valence-corrected chi connectivity index (χ2v) is 16.3. The van der Waals surface area contributed by atoms with Crippen molar-refractivity contribution in [3.63, 3.8) is 0 Å². The number of nitrogens with zero attached hydrogens (tertiary/aromatic N) is 3. The molecule has 4 heteroatoms. The van der Waals surface area contributed by atoms with Crippen LogP contribution in [0.15, 0.2) is 212 Å². The standard InChI is InChI=1S/C55H35N3S/c1-3-17-37(18-4-1)52-45-35-30-36-16-7-8-21-41(36)53(45)57-54(56-52)58(48-27-15-29-50-51(48)44-24-11-14-28-49(44)59-50)40-33-31-39(32-34-40)55(38-19-5-2-6-20-38)46-25-12-9-22-42(46)43-23-10-13-26-47(43)55/h1-35H. The van der Waals surface area contributed by atoms with Crippen molar-refractivity contribution in [2.45, 2.75) is 5.41 Å². The molecule has 0 aliphatic heterocycles. The maximum absolute atomic E-state index is 5.55. The average molecular weight is 770 g/mol. The van der Waals surface area contributed by atoms with Crippen molar-refractivity contribution in [3.8, 4) is 22.4 Å². The van der Waals surface area contributed by atoms with Crippen molar-refractivity contribution in [1.82, 2.24) is 9.97 Å². The molecule has 0 N–H and O–H groups in total. The van der Waals surface area contributed by atoms with Crippen molar-refractivity contribution in [2.75, 3.05) is 4.90 Å². The van der Waals surface area contributed by atoms with Gasteiger partial charge in [0.25, 0.3) is 0 Å². The van der Waals surface area contributed by atoms with Crippen molar-refractivity contribution in [2.24, 2.45) is 0 Å². The van der Waals surface area contributed by atoms with E-state index in [0.29, 0.717) is 5.95 Å². The van der Waals surface area contributed by atoms with Gasteiger partial charge in [-0.25, -0.2) is 9.97 Å². The normalized spacial score (nSPS) is 12.9. The van der Waals surface area contributed by atoms with E-state index in [1.165, 1.54) is 53.6 Å². The fourth-order valence-corrected chi connectivity index (χ4v) is 10.8. The molecule has 0 unspecified atom stereocenters. The van der Waals surface area contributed by atoms with Gasteiger partial charge < -0.3 is 0 Å². The molecule has 2 heterocycles. The highest BCUT2D eigenvalue weighted by atomic mass is 32.1. The van der Waals surface area contributed by atoms with Gasteiger partial charge in [-0.1, -0.05) is 176 Å². The average Bonchev–Trinajstić information content (AvgIpc) is 3.84. The van der Waals surface area contributed by atoms with Crippen LogP contribution in [0.3, 0.4) is 0 Å². The van der Waals surface area contributed by atoms with Crippen LogP contribution in [-0.2, 0) is 5.41 Å². The fourth-order valence-electron chi connectivity index (χ4n) is 9.64. The Morgan fingerprint density at radius 3 is 1.80 bits per heavy atom. The van der Waals surface area contributed by atoms with Gasteiger partial charge in [0.2, 0.25) is 5.95 Å². The molecule has 0 atom stereocenters. The fraction of sp³-hybridized carbons (Fsp3) is 0.0182. The van der Waals surface area contributed by atoms with Gasteiger partial charge in [-0.05, 0) is 75.2 Å². The SMILES string of the molecule is c1ccc(-c2nc(N(c3ccc(C4(c5ccccc5)c5ccccc5-c5ccccc54)cc3)c3cccc4sc5ccccc5c34)nc3c2ccc2ccccc23)cc1. The van der Waals surface area contributed by atoms with Gasteiger partial charge in [-0.3, -0.25) is 4.90 Å². The predicted octanol–water partition coefficient (Wildman–Crippen LogP) is 14.7. The summed E-state index contributed by atoms with van der Waals surface area (Å²) in [7, 11) is 0. The highest BCUT2D eigenvalue weighted by Crippen LogP contribution is 2.56. The van der Waals surface area contributed by atoms with Crippen LogP contribution in [0.1, 0.15) is 22.3 Å². The molecule has 3 nitrogen and oxygen atoms in total. The molecular weight excluding hydrogens is 735 g/mol. The second-order valence-electron chi connectivity index (χ2n) is 15.3. The molecule has 2 aromatic heterocycles. The van der Waals surface area contributed by atoms with E-state index in [2.05, 4.69) is 217 Å². The molecule has 9 aromatic carbocycles. The lowest BCUT2D eigenvalue weighted by Crippen LogP contribution is -2.28. The Hall–Kier alpha value is -7.40. The minimum atomic E-state index is -0.500. The molecule has 59 heavy (non-hydrogen) atoms. The smallest absolute Gasteiger partial charge is 0.235 e. The number of hydrogen-bond acceptors (Lipinski definition) is 4. The van der Waals surface area contributed by atoms with Gasteiger partial charge in [0.05, 0.1) is 22.3 Å². The molecule has 1 aliphatic rings. The van der Waals surface area contributed by atoms with Crippen molar-refractivity contribution < 1.29 is 0 Å². The van der Waals surface area contributed by atoms with E-state index >= 15 is 0 Å². The second kappa shape index (κ2) is 13.3. The first-order valence-electron chi connectivity index (χ1n) is 20.1. The van der Waals surface area contributed by atoms with E-state index in [-0.39, 0.29) is 0 Å². The number of fused-ring (bicyclic) bond motifs is 9. The van der Waals surface area contributed by atoms with Crippen LogP contribution in [0.5, 0.6) is 0 Å². The molecule has 0 spiro atoms. The van der Waals surface area contributed by atoms with Crippen molar-refractivity contribution in [3.05, 3.63) is 235 Å². The van der Waals surface area contributed by atoms with E-state index in [1.54, 1.807) is 0 Å². The molecule has 0 saturated carbocycles. The van der Waals surface area contributed by atoms with E-state index in [1.807, 2.05) is 11.3 Å². The number of hydrogen-bond donors (Lipinski definition) is 0. The first-order chi connectivity index (χ1) is 29.3. The number of anilines is 3. The van der Waals surface area contributed by atoms with Gasteiger partial charge >= 0.3 is 0 Å². The van der Waals surface area contributed by atoms with Gasteiger partial charge in [-0.2, -0.15) is 0 Å². The Morgan fingerprint density at radius 1 is 0.424 bits per heavy atom. The van der Waals surface area contributed by atoms with Crippen LogP contribution in [0, 0.1) is 0 Å². The third-order valence-corrected chi connectivity index (χ3v) is 13.3. The van der Waals surface area contributed by atoms with Crippen molar-refractivity contribution >= 4 is 70.5 Å². The van der Waals surface area contributed by atoms with Crippen LogP contribution in [0.4, 0.5) is 17.3 Å². The molecule has 11 aromatic rings. The van der Waals surface area contributed by atoms with E-state index < -0.39 is 5.41 Å². The lowest BCUT2D eigenvalue weighted by Gasteiger charge is -2.34. The minimum absolute atomic E-state index is 0.500. The van der Waals surface area contributed by atoms with E-state index in [4.69, 9.17) is 9.97 Å². The molecule has 12 rings (SSSR count). The van der Waals surface area contributed by atoms with Crippen molar-refractivity contribution in [1.29, 1.82) is 0 Å². The Labute approximate surface area is 346 Å². The summed E-state index contributed by atoms with van der Waals surface area (Å²) in [6.45, 7) is 0. The van der Waals surface area contributed by atoms with Crippen LogP contribution >= 0.6 is 11.3 Å². The minimum Gasteiger partial charge on any atom is -0.278 e. The van der Waals surface area contributed by atoms with E-state index in [9.17, 15) is 0 Å². The number of thiophene rings is 1. The lowest BCUT2D eigenvalue weighted by atomic mass is 9.68. The Balaban J connectivity index is 1.15. The first-order valence-corrected chi connectivity index (χ1v) is 20.9. The largest absolute Gasteiger partial charge is 0.278 e. The first kappa shape index (κ1) is 33.7. The van der Waals surface area contributed by atoms with Crippen LogP contribution in [0.2, 0.25) is 0 Å². The summed E-state index contributed by atoms with van der Waals surface area (Å²) in [5, 5.41) is 5.69. The zero-order valence-electron chi connectivity index (χ0n) is 32.0. The van der Waals surface area contributed by atoms with Gasteiger partial charge in [0.15, 0.2) is 0 Å². The zero-order chi connectivity index (χ0) is 38.9. The van der Waals surface area contributed by atoms with Crippen LogP contribution in [-0.4, -0.2) is 9.97 Å². The predicted molar refractivity (Wildman–Crippen MR) is 247 cm³/mol. The summed E-state index contributed by atoms with van der Waals surface area (Å²) in [6, 6.07) is 76.8. The number of benzene rings is 9. The summed E-state index contributed by atoms with van der Waals surface area (Å²) >= 11 is 1.82. The lowest BCUT2D eigenvalue weighted by molar-refractivity contribution is 0.768. The summed E-state index contributed by atoms with van der Waals surface area (Å²) in [4.78, 5) is 13.4. The van der Waals surface area contributed by atoms with Gasteiger partial charge in [0.1, 0.15) is 0 Å². The van der Waals surface area contributed by atoms with Gasteiger partial charge in [0, 0.05) is 42.2 Å². The summed E-state index contributed by atoms with van der Waals surface area (Å²) in [5.41, 5.74) is 12.0. The van der Waals surface area contributed by atoms with Crippen LogP contribution in [0.25, 0.3) is 64.2 Å². The quantitative estimate of drug-likeness (QED) is 0.158. The molecule has 0 amide bonds. The Kier molecular flexibility index (Phi) is 7.62. The molecule has 0 fully saturated rings. The highest BCUT2D eigenvalue weighted by molar-refractivity contribution is 7.26. The number of aromatic nitrogens is 2. The molecule has 0 radical (unpaired) electrons. The molecule has 0 bridgehead atoms. The molecule has 276 valence electrons. The summed E-state index contributed by atoms with van der Waals surface area (Å²) in [5.74, 6) is 0.623. The molecular formula is C55H35N3S. The topological polar surface area (TPSA) is 29.0 Å². The summed E-state index contributed by atoms with van der Waals surface area (Å²) in [6.07, 6.45) is 0. The maximum Gasteiger partial charge on any atom is 0.235 e. The highest BCUT2D eigenvalue weighted by Gasteiger charge is 2.45. The third-order valence-electron chi connectivity index (χ3n) is 12.2. The Morgan fingerprint density at radius 2 is 1.03 bits per heavy atom. The van der Waals surface area contributed by atoms with Gasteiger partial charge in [-0.15, -0.1) is 11.3 Å². The Bertz CT molecular complexity index is 3340.